The van der Waals surface area contributed by atoms with Gasteiger partial charge in [0.25, 0.3) is 0 Å². The zero-order chi connectivity index (χ0) is 21.5. The van der Waals surface area contributed by atoms with Gasteiger partial charge in [-0.2, -0.15) is 0 Å². The van der Waals surface area contributed by atoms with Gasteiger partial charge in [-0.3, -0.25) is 9.20 Å². The molecule has 4 aromatic heterocycles. The Kier molecular flexibility index (Phi) is 5.56. The first-order valence-electron chi connectivity index (χ1n) is 10.8. The quantitative estimate of drug-likeness (QED) is 0.310. The van der Waals surface area contributed by atoms with Crippen molar-refractivity contribution in [3.63, 3.8) is 0 Å². The van der Waals surface area contributed by atoms with Gasteiger partial charge in [-0.1, -0.05) is 25.6 Å². The lowest BCUT2D eigenvalue weighted by atomic mass is 9.87. The summed E-state index contributed by atoms with van der Waals surface area (Å²) in [4.78, 5) is 22.7. The van der Waals surface area contributed by atoms with Crippen molar-refractivity contribution in [1.29, 1.82) is 0 Å². The number of thiophene rings is 1. The average Bonchev–Trinajstić information content (AvgIpc) is 3.33. The first-order valence-corrected chi connectivity index (χ1v) is 12.6. The van der Waals surface area contributed by atoms with Gasteiger partial charge in [0.1, 0.15) is 15.9 Å². The fraction of sp³-hybridized carbons (Fsp3) is 0.500. The molecule has 9 heteroatoms. The molecule has 0 unspecified atom stereocenters. The molecule has 0 atom stereocenters. The summed E-state index contributed by atoms with van der Waals surface area (Å²) in [5.74, 6) is 0.520. The fourth-order valence-electron chi connectivity index (χ4n) is 4.36. The molecule has 4 heterocycles. The van der Waals surface area contributed by atoms with Gasteiger partial charge < -0.3 is 4.74 Å². The zero-order valence-corrected chi connectivity index (χ0v) is 19.6. The number of pyridine rings is 1. The molecule has 0 saturated heterocycles. The Hall–Kier alpha value is -2.26. The van der Waals surface area contributed by atoms with E-state index in [1.54, 1.807) is 24.6 Å². The van der Waals surface area contributed by atoms with Crippen molar-refractivity contribution in [2.75, 3.05) is 12.4 Å². The summed E-state index contributed by atoms with van der Waals surface area (Å²) < 4.78 is 7.89. The van der Waals surface area contributed by atoms with Crippen LogP contribution in [0, 0.1) is 5.92 Å². The van der Waals surface area contributed by atoms with Crippen molar-refractivity contribution in [3.8, 4) is 0 Å². The highest BCUT2D eigenvalue weighted by atomic mass is 32.2. The van der Waals surface area contributed by atoms with Crippen molar-refractivity contribution in [1.82, 2.24) is 24.6 Å². The van der Waals surface area contributed by atoms with E-state index in [9.17, 15) is 4.79 Å². The van der Waals surface area contributed by atoms with Crippen molar-refractivity contribution in [2.45, 2.75) is 58.0 Å². The van der Waals surface area contributed by atoms with E-state index >= 15 is 0 Å². The summed E-state index contributed by atoms with van der Waals surface area (Å²) in [6.07, 6.45) is 7.43. The summed E-state index contributed by atoms with van der Waals surface area (Å²) >= 11 is 2.97. The highest BCUT2D eigenvalue weighted by Crippen LogP contribution is 2.40. The Morgan fingerprint density at radius 3 is 2.84 bits per heavy atom. The number of carbonyl (C=O) groups excluding carboxylic acids is 1. The van der Waals surface area contributed by atoms with Gasteiger partial charge in [-0.15, -0.1) is 21.5 Å². The number of ether oxygens (including phenoxy) is 1. The van der Waals surface area contributed by atoms with E-state index in [0.29, 0.717) is 17.7 Å². The van der Waals surface area contributed by atoms with E-state index in [0.717, 1.165) is 40.0 Å². The molecule has 0 bridgehead atoms. The third-order valence-electron chi connectivity index (χ3n) is 5.61. The second-order valence-electron chi connectivity index (χ2n) is 8.30. The molecule has 4 aromatic rings. The first-order chi connectivity index (χ1) is 15.1. The molecule has 1 aliphatic rings. The van der Waals surface area contributed by atoms with Gasteiger partial charge in [-0.05, 0) is 56.1 Å². The SMILES string of the molecule is CCOC(=O)CSc1nnc2c3sc4nc(CC(C)C)c5c(c4c3ncn12)CCCC5. The van der Waals surface area contributed by atoms with E-state index < -0.39 is 0 Å². The molecule has 0 fully saturated rings. The predicted octanol–water partition coefficient (Wildman–Crippen LogP) is 4.62. The number of esters is 1. The smallest absolute Gasteiger partial charge is 0.316 e. The highest BCUT2D eigenvalue weighted by molar-refractivity contribution is 7.99. The molecule has 1 aliphatic carbocycles. The molecule has 0 aliphatic heterocycles. The topological polar surface area (TPSA) is 82.3 Å². The number of hydrogen-bond donors (Lipinski definition) is 0. The predicted molar refractivity (Wildman–Crippen MR) is 124 cm³/mol. The minimum absolute atomic E-state index is 0.201. The Morgan fingerprint density at radius 2 is 2.06 bits per heavy atom. The van der Waals surface area contributed by atoms with Crippen LogP contribution in [0.1, 0.15) is 50.4 Å². The van der Waals surface area contributed by atoms with E-state index in [2.05, 4.69) is 24.0 Å². The maximum Gasteiger partial charge on any atom is 0.316 e. The Bertz CT molecular complexity index is 1290. The van der Waals surface area contributed by atoms with E-state index in [1.807, 2.05) is 4.40 Å². The third kappa shape index (κ3) is 3.67. The second-order valence-corrected chi connectivity index (χ2v) is 10.2. The highest BCUT2D eigenvalue weighted by Gasteiger charge is 2.24. The molecule has 31 heavy (non-hydrogen) atoms. The summed E-state index contributed by atoms with van der Waals surface area (Å²) in [6, 6.07) is 0. The Morgan fingerprint density at radius 1 is 1.26 bits per heavy atom. The Labute approximate surface area is 188 Å². The van der Waals surface area contributed by atoms with E-state index in [1.165, 1.54) is 46.8 Å². The van der Waals surface area contributed by atoms with Gasteiger partial charge in [0.2, 0.25) is 0 Å². The van der Waals surface area contributed by atoms with Gasteiger partial charge in [0, 0.05) is 11.1 Å². The zero-order valence-electron chi connectivity index (χ0n) is 18.0. The van der Waals surface area contributed by atoms with Crippen LogP contribution in [0.2, 0.25) is 0 Å². The van der Waals surface area contributed by atoms with E-state index in [4.69, 9.17) is 14.7 Å². The van der Waals surface area contributed by atoms with Crippen LogP contribution >= 0.6 is 23.1 Å². The normalized spacial score (nSPS) is 14.1. The molecule has 0 radical (unpaired) electrons. The van der Waals surface area contributed by atoms with Gasteiger partial charge in [0.05, 0.1) is 17.9 Å². The summed E-state index contributed by atoms with van der Waals surface area (Å²) in [5, 5.41) is 10.6. The van der Waals surface area contributed by atoms with Crippen molar-refractivity contribution in [2.24, 2.45) is 5.92 Å². The van der Waals surface area contributed by atoms with Gasteiger partial charge in [0.15, 0.2) is 10.8 Å². The van der Waals surface area contributed by atoms with Crippen LogP contribution in [0.15, 0.2) is 11.5 Å². The minimum Gasteiger partial charge on any atom is -0.465 e. The van der Waals surface area contributed by atoms with Crippen molar-refractivity contribution < 1.29 is 9.53 Å². The minimum atomic E-state index is -0.256. The maximum absolute atomic E-state index is 11.7. The largest absolute Gasteiger partial charge is 0.465 e. The third-order valence-corrected chi connectivity index (χ3v) is 7.60. The molecule has 7 nitrogen and oxygen atoms in total. The lowest BCUT2D eigenvalue weighted by molar-refractivity contribution is -0.139. The molecule has 162 valence electrons. The summed E-state index contributed by atoms with van der Waals surface area (Å²) in [5.41, 5.74) is 5.89. The molecular formula is C22H25N5O2S2. The van der Waals surface area contributed by atoms with Crippen LogP contribution in [-0.2, 0) is 28.8 Å². The number of carbonyl (C=O) groups is 1. The molecule has 0 saturated carbocycles. The van der Waals surface area contributed by atoms with E-state index in [-0.39, 0.29) is 11.7 Å². The molecule has 5 rings (SSSR count). The number of rotatable bonds is 6. The molecular weight excluding hydrogens is 430 g/mol. The summed E-state index contributed by atoms with van der Waals surface area (Å²) in [7, 11) is 0. The monoisotopic (exact) mass is 455 g/mol. The van der Waals surface area contributed by atoms with Gasteiger partial charge in [-0.25, -0.2) is 9.97 Å². The number of aryl methyl sites for hydroxylation is 1. The second kappa shape index (κ2) is 8.35. The molecule has 0 aromatic carbocycles. The lowest BCUT2D eigenvalue weighted by Gasteiger charge is -2.20. The van der Waals surface area contributed by atoms with Crippen LogP contribution in [0.3, 0.4) is 0 Å². The molecule has 0 spiro atoms. The number of nitrogens with zero attached hydrogens (tertiary/aromatic N) is 5. The first kappa shape index (κ1) is 20.6. The summed E-state index contributed by atoms with van der Waals surface area (Å²) in [6.45, 7) is 6.68. The molecule has 0 amide bonds. The number of fused-ring (bicyclic) bond motifs is 7. The lowest BCUT2D eigenvalue weighted by Crippen LogP contribution is -2.11. The van der Waals surface area contributed by atoms with Crippen LogP contribution in [0.4, 0.5) is 0 Å². The van der Waals surface area contributed by atoms with Crippen LogP contribution < -0.4 is 0 Å². The van der Waals surface area contributed by atoms with Crippen LogP contribution in [0.5, 0.6) is 0 Å². The van der Waals surface area contributed by atoms with Crippen LogP contribution in [-0.4, -0.2) is 42.9 Å². The number of hydrogen-bond acceptors (Lipinski definition) is 8. The standard InChI is InChI=1S/C22H25N5O2S2/c1-4-29-16(28)10-30-22-26-25-20-19-18(23-11-27(20)22)17-14-8-6-5-7-13(14)15(9-12(2)3)24-21(17)31-19/h11-12H,4-10H2,1-3H3. The van der Waals surface area contributed by atoms with Crippen LogP contribution in [0.25, 0.3) is 26.1 Å². The number of thioether (sulfide) groups is 1. The average molecular weight is 456 g/mol. The van der Waals surface area contributed by atoms with Gasteiger partial charge >= 0.3 is 5.97 Å². The number of aromatic nitrogens is 5. The Balaban J connectivity index is 1.64. The fourth-order valence-corrected chi connectivity index (χ4v) is 6.21. The van der Waals surface area contributed by atoms with Crippen molar-refractivity contribution in [3.05, 3.63) is 23.1 Å². The molecule has 0 N–H and O–H groups in total. The maximum atomic E-state index is 11.7. The van der Waals surface area contributed by atoms with Crippen molar-refractivity contribution >= 4 is 55.1 Å².